The van der Waals surface area contributed by atoms with Gasteiger partial charge in [-0.1, -0.05) is 54.4 Å². The molecule has 0 spiro atoms. The summed E-state index contributed by atoms with van der Waals surface area (Å²) in [6.45, 7) is 7.94. The lowest BCUT2D eigenvalue weighted by Crippen LogP contribution is -2.53. The number of hydrogen-bond donors (Lipinski definition) is 1. The summed E-state index contributed by atoms with van der Waals surface area (Å²) in [5, 5.41) is 4.02. The van der Waals surface area contributed by atoms with Crippen LogP contribution in [0.1, 0.15) is 46.1 Å². The monoisotopic (exact) mass is 480 g/mol. The van der Waals surface area contributed by atoms with Crippen molar-refractivity contribution in [3.8, 4) is 0 Å². The molecule has 1 atom stereocenters. The van der Waals surface area contributed by atoms with Crippen LogP contribution in [0.4, 0.5) is 0 Å². The number of nitrogens with one attached hydrogen (secondary N) is 1. The Balaban J connectivity index is 2.20. The fourth-order valence-corrected chi connectivity index (χ4v) is 4.45. The maximum Gasteiger partial charge on any atom is 0.243 e. The van der Waals surface area contributed by atoms with Crippen molar-refractivity contribution >= 4 is 46.8 Å². The lowest BCUT2D eigenvalue weighted by atomic mass is 10.1. The minimum Gasteiger partial charge on any atom is -0.350 e. The number of rotatable bonds is 9. The van der Waals surface area contributed by atoms with E-state index in [0.717, 1.165) is 10.5 Å². The van der Waals surface area contributed by atoms with Gasteiger partial charge in [0.15, 0.2) is 0 Å². The molecule has 0 saturated heterocycles. The third kappa shape index (κ3) is 8.40. The third-order valence-corrected chi connectivity index (χ3v) is 6.17. The number of hydrogen-bond acceptors (Lipinski definition) is 3. The highest BCUT2D eigenvalue weighted by Gasteiger charge is 2.30. The number of nitrogens with zero attached hydrogens (tertiary/aromatic N) is 1. The predicted molar refractivity (Wildman–Crippen MR) is 131 cm³/mol. The van der Waals surface area contributed by atoms with Crippen LogP contribution in [-0.4, -0.2) is 34.0 Å². The topological polar surface area (TPSA) is 49.4 Å². The maximum atomic E-state index is 13.2. The van der Waals surface area contributed by atoms with Crippen molar-refractivity contribution in [2.24, 2.45) is 0 Å². The van der Waals surface area contributed by atoms with E-state index in [1.165, 1.54) is 0 Å². The van der Waals surface area contributed by atoms with Gasteiger partial charge in [-0.25, -0.2) is 0 Å². The first-order valence-corrected chi connectivity index (χ1v) is 12.1. The van der Waals surface area contributed by atoms with Crippen molar-refractivity contribution in [2.75, 3.05) is 5.75 Å². The zero-order valence-corrected chi connectivity index (χ0v) is 20.8. The van der Waals surface area contributed by atoms with Gasteiger partial charge < -0.3 is 10.2 Å². The molecule has 0 aromatic heterocycles. The Hall–Kier alpha value is -1.69. The summed E-state index contributed by atoms with van der Waals surface area (Å²) in [6.07, 6.45) is 0.828. The smallest absolute Gasteiger partial charge is 0.243 e. The highest BCUT2D eigenvalue weighted by molar-refractivity contribution is 7.99. The van der Waals surface area contributed by atoms with Gasteiger partial charge in [0.1, 0.15) is 6.04 Å². The lowest BCUT2D eigenvalue weighted by molar-refractivity contribution is -0.141. The van der Waals surface area contributed by atoms with Gasteiger partial charge in [-0.2, -0.15) is 0 Å². The number of halogens is 2. The molecule has 0 saturated carbocycles. The Bertz CT molecular complexity index is 885. The van der Waals surface area contributed by atoms with Crippen molar-refractivity contribution in [1.82, 2.24) is 10.2 Å². The van der Waals surface area contributed by atoms with Crippen molar-refractivity contribution in [1.29, 1.82) is 0 Å². The van der Waals surface area contributed by atoms with Crippen molar-refractivity contribution < 1.29 is 9.59 Å². The highest BCUT2D eigenvalue weighted by Crippen LogP contribution is 2.25. The molecule has 2 amide bonds. The van der Waals surface area contributed by atoms with E-state index in [1.54, 1.807) is 34.9 Å². The van der Waals surface area contributed by atoms with Crippen LogP contribution in [0.2, 0.25) is 10.0 Å². The molecule has 0 radical (unpaired) electrons. The zero-order valence-electron chi connectivity index (χ0n) is 18.5. The SMILES string of the molecule is CC[C@@H](C(=O)NC(C)(C)C)N(Cc1ccc(Cl)cc1Cl)C(=O)CCSc1ccccc1. The minimum atomic E-state index is -0.583. The molecule has 0 fully saturated rings. The summed E-state index contributed by atoms with van der Waals surface area (Å²) >= 11 is 14.0. The first kappa shape index (κ1) is 25.6. The van der Waals surface area contributed by atoms with Crippen LogP contribution < -0.4 is 5.32 Å². The summed E-state index contributed by atoms with van der Waals surface area (Å²) in [5.41, 5.74) is 0.373. The molecule has 2 rings (SSSR count). The highest BCUT2D eigenvalue weighted by atomic mass is 35.5. The molecule has 0 aliphatic heterocycles. The standard InChI is InChI=1S/C24H30Cl2N2O2S/c1-5-21(23(30)27-24(2,3)4)28(16-17-11-12-18(25)15-20(17)26)22(29)13-14-31-19-9-7-6-8-10-19/h6-12,15,21H,5,13-14,16H2,1-4H3,(H,27,30)/t21-/m0/s1. The average molecular weight is 481 g/mol. The van der Waals surface area contributed by atoms with Gasteiger partial charge in [-0.3, -0.25) is 9.59 Å². The normalized spacial score (nSPS) is 12.3. The van der Waals surface area contributed by atoms with Gasteiger partial charge in [-0.05, 0) is 57.0 Å². The van der Waals surface area contributed by atoms with Gasteiger partial charge in [0, 0.05) is 39.2 Å². The molecule has 2 aromatic carbocycles. The molecule has 2 aromatic rings. The van der Waals surface area contributed by atoms with Crippen molar-refractivity contribution in [3.63, 3.8) is 0 Å². The Morgan fingerprint density at radius 2 is 1.77 bits per heavy atom. The van der Waals surface area contributed by atoms with E-state index in [0.29, 0.717) is 28.6 Å². The molecule has 7 heteroatoms. The molecular weight excluding hydrogens is 451 g/mol. The number of thioether (sulfide) groups is 1. The number of benzene rings is 2. The second kappa shape index (κ2) is 11.8. The van der Waals surface area contributed by atoms with Crippen LogP contribution in [-0.2, 0) is 16.1 Å². The van der Waals surface area contributed by atoms with Gasteiger partial charge in [0.25, 0.3) is 0 Å². The van der Waals surface area contributed by atoms with Gasteiger partial charge >= 0.3 is 0 Å². The first-order valence-electron chi connectivity index (χ1n) is 10.3. The molecule has 0 aliphatic carbocycles. The van der Waals surface area contributed by atoms with E-state index in [2.05, 4.69) is 5.32 Å². The van der Waals surface area contributed by atoms with Crippen LogP contribution in [0.3, 0.4) is 0 Å². The Morgan fingerprint density at radius 1 is 1.10 bits per heavy atom. The van der Waals surface area contributed by atoms with E-state index >= 15 is 0 Å². The maximum absolute atomic E-state index is 13.2. The molecular formula is C24H30Cl2N2O2S. The largest absolute Gasteiger partial charge is 0.350 e. The number of carbonyl (C=O) groups excluding carboxylic acids is 2. The van der Waals surface area contributed by atoms with Gasteiger partial charge in [0.2, 0.25) is 11.8 Å². The predicted octanol–water partition coefficient (Wildman–Crippen LogP) is 6.20. The fourth-order valence-electron chi connectivity index (χ4n) is 3.12. The second-order valence-electron chi connectivity index (χ2n) is 8.33. The average Bonchev–Trinajstić information content (AvgIpc) is 2.68. The molecule has 168 valence electrons. The van der Waals surface area contributed by atoms with E-state index in [9.17, 15) is 9.59 Å². The summed E-state index contributed by atoms with van der Waals surface area (Å²) in [4.78, 5) is 29.0. The van der Waals surface area contributed by atoms with Crippen LogP contribution in [0.25, 0.3) is 0 Å². The summed E-state index contributed by atoms with van der Waals surface area (Å²) < 4.78 is 0. The van der Waals surface area contributed by atoms with Crippen molar-refractivity contribution in [3.05, 3.63) is 64.1 Å². The van der Waals surface area contributed by atoms with E-state index < -0.39 is 6.04 Å². The molecule has 0 unspecified atom stereocenters. The Kier molecular flexibility index (Phi) is 9.73. The van der Waals surface area contributed by atoms with E-state index in [1.807, 2.05) is 58.0 Å². The van der Waals surface area contributed by atoms with Crippen LogP contribution in [0, 0.1) is 0 Å². The van der Waals surface area contributed by atoms with Crippen LogP contribution >= 0.6 is 35.0 Å². The van der Waals surface area contributed by atoms with Gasteiger partial charge in [-0.15, -0.1) is 11.8 Å². The molecule has 0 aliphatic rings. The van der Waals surface area contributed by atoms with Crippen LogP contribution in [0.5, 0.6) is 0 Å². The second-order valence-corrected chi connectivity index (χ2v) is 10.3. The quantitative estimate of drug-likeness (QED) is 0.434. The lowest BCUT2D eigenvalue weighted by Gasteiger charge is -2.33. The molecule has 1 N–H and O–H groups in total. The van der Waals surface area contributed by atoms with Crippen LogP contribution in [0.15, 0.2) is 53.4 Å². The Labute approximate surface area is 199 Å². The molecule has 0 heterocycles. The van der Waals surface area contributed by atoms with Gasteiger partial charge in [0.05, 0.1) is 0 Å². The summed E-state index contributed by atoms with van der Waals surface area (Å²) in [5.74, 6) is 0.389. The molecule has 31 heavy (non-hydrogen) atoms. The van der Waals surface area contributed by atoms with Crippen molar-refractivity contribution in [2.45, 2.75) is 63.6 Å². The van der Waals surface area contributed by atoms with E-state index in [4.69, 9.17) is 23.2 Å². The summed E-state index contributed by atoms with van der Waals surface area (Å²) in [7, 11) is 0. The minimum absolute atomic E-state index is 0.0784. The summed E-state index contributed by atoms with van der Waals surface area (Å²) in [6, 6.07) is 14.6. The van der Waals surface area contributed by atoms with E-state index in [-0.39, 0.29) is 23.9 Å². The first-order chi connectivity index (χ1) is 14.6. The zero-order chi connectivity index (χ0) is 23.0. The number of amides is 2. The molecule has 4 nitrogen and oxygen atoms in total. The Morgan fingerprint density at radius 3 is 2.35 bits per heavy atom. The fraction of sp³-hybridized carbons (Fsp3) is 0.417. The number of carbonyl (C=O) groups is 2. The molecule has 0 bridgehead atoms. The third-order valence-electron chi connectivity index (χ3n) is 4.57.